The summed E-state index contributed by atoms with van der Waals surface area (Å²) < 4.78 is 0. The van der Waals surface area contributed by atoms with E-state index in [0.29, 0.717) is 12.0 Å². The highest BCUT2D eigenvalue weighted by atomic mass is 16.4. The number of likely N-dealkylation sites (N-methyl/N-ethyl adjacent to an activating group) is 1. The monoisotopic (exact) mass is 209 g/mol. The molecule has 1 aromatic carbocycles. The first kappa shape index (κ1) is 11.5. The van der Waals surface area contributed by atoms with Gasteiger partial charge >= 0.3 is 5.97 Å². The minimum atomic E-state index is -0.971. The maximum atomic E-state index is 10.7. The number of aromatic hydroxyl groups is 1. The predicted octanol–water partition coefficient (Wildman–Crippen LogP) is 1.19. The van der Waals surface area contributed by atoms with Crippen LogP contribution in [0.2, 0.25) is 0 Å². The number of hydrogen-bond donors (Lipinski definition) is 2. The zero-order valence-electron chi connectivity index (χ0n) is 8.90. The van der Waals surface area contributed by atoms with Gasteiger partial charge in [0.2, 0.25) is 0 Å². The van der Waals surface area contributed by atoms with Crippen LogP contribution in [0.15, 0.2) is 18.2 Å². The number of benzene rings is 1. The Morgan fingerprint density at radius 2 is 2.07 bits per heavy atom. The molecule has 0 saturated heterocycles. The average molecular weight is 209 g/mol. The van der Waals surface area contributed by atoms with Gasteiger partial charge in [0, 0.05) is 6.54 Å². The van der Waals surface area contributed by atoms with Crippen LogP contribution in [0.25, 0.3) is 0 Å². The van der Waals surface area contributed by atoms with Gasteiger partial charge in [-0.15, -0.1) is 0 Å². The average Bonchev–Trinajstić information content (AvgIpc) is 2.16. The van der Waals surface area contributed by atoms with Crippen molar-refractivity contribution < 1.29 is 15.0 Å². The van der Waals surface area contributed by atoms with Gasteiger partial charge < -0.3 is 15.1 Å². The molecule has 0 aromatic heterocycles. The summed E-state index contributed by atoms with van der Waals surface area (Å²) in [6.45, 7) is 0.774. The van der Waals surface area contributed by atoms with Crippen LogP contribution in [-0.4, -0.2) is 41.7 Å². The smallest absolute Gasteiger partial charge is 0.335 e. The molecule has 0 aliphatic rings. The molecule has 0 atom stereocenters. The van der Waals surface area contributed by atoms with Crippen LogP contribution in [0.3, 0.4) is 0 Å². The van der Waals surface area contributed by atoms with Gasteiger partial charge in [-0.2, -0.15) is 0 Å². The third-order valence-corrected chi connectivity index (χ3v) is 2.15. The minimum Gasteiger partial charge on any atom is -0.508 e. The van der Waals surface area contributed by atoms with E-state index in [0.717, 1.165) is 6.54 Å². The number of nitrogens with zero attached hydrogens (tertiary/aromatic N) is 1. The maximum Gasteiger partial charge on any atom is 0.335 e. The second-order valence-electron chi connectivity index (χ2n) is 3.70. The first-order chi connectivity index (χ1) is 7.00. The van der Waals surface area contributed by atoms with E-state index in [4.69, 9.17) is 5.11 Å². The van der Waals surface area contributed by atoms with Crippen LogP contribution in [0.4, 0.5) is 0 Å². The molecule has 0 heterocycles. The summed E-state index contributed by atoms with van der Waals surface area (Å²) >= 11 is 0. The summed E-state index contributed by atoms with van der Waals surface area (Å²) in [5, 5.41) is 18.3. The molecule has 2 N–H and O–H groups in total. The fraction of sp³-hybridized carbons (Fsp3) is 0.364. The van der Waals surface area contributed by atoms with Crippen molar-refractivity contribution in [2.75, 3.05) is 20.6 Å². The second kappa shape index (κ2) is 4.79. The number of phenols is 1. The van der Waals surface area contributed by atoms with Gasteiger partial charge in [-0.1, -0.05) is 0 Å². The number of aromatic carboxylic acids is 1. The van der Waals surface area contributed by atoms with E-state index < -0.39 is 5.97 Å². The van der Waals surface area contributed by atoms with Crippen molar-refractivity contribution in [3.05, 3.63) is 29.3 Å². The molecule has 0 bridgehead atoms. The van der Waals surface area contributed by atoms with Crippen molar-refractivity contribution in [3.8, 4) is 5.75 Å². The molecule has 0 spiro atoms. The molecule has 4 nitrogen and oxygen atoms in total. The molecule has 0 aliphatic heterocycles. The Balaban J connectivity index is 2.85. The second-order valence-corrected chi connectivity index (χ2v) is 3.70. The molecular formula is C11H15NO3. The van der Waals surface area contributed by atoms with E-state index in [1.807, 2.05) is 19.0 Å². The highest BCUT2D eigenvalue weighted by Gasteiger charge is 2.07. The third kappa shape index (κ3) is 3.25. The largest absolute Gasteiger partial charge is 0.508 e. The van der Waals surface area contributed by atoms with Gasteiger partial charge in [0.25, 0.3) is 0 Å². The number of hydrogen-bond acceptors (Lipinski definition) is 3. The van der Waals surface area contributed by atoms with Crippen molar-refractivity contribution in [1.82, 2.24) is 4.90 Å². The van der Waals surface area contributed by atoms with Crippen LogP contribution >= 0.6 is 0 Å². The number of phenolic OH excluding ortho intramolecular Hbond substituents is 1. The molecule has 1 rings (SSSR count). The summed E-state index contributed by atoms with van der Waals surface area (Å²) in [5.74, 6) is -0.817. The summed E-state index contributed by atoms with van der Waals surface area (Å²) in [6, 6.07) is 4.34. The van der Waals surface area contributed by atoms with Crippen LogP contribution in [0.1, 0.15) is 15.9 Å². The number of carboxylic acids is 1. The molecule has 0 saturated carbocycles. The Hall–Kier alpha value is -1.55. The number of carboxylic acid groups (broad SMARTS) is 1. The van der Waals surface area contributed by atoms with Gasteiger partial charge in [-0.3, -0.25) is 0 Å². The lowest BCUT2D eigenvalue weighted by Gasteiger charge is -2.10. The van der Waals surface area contributed by atoms with Crippen molar-refractivity contribution in [2.24, 2.45) is 0 Å². The molecule has 15 heavy (non-hydrogen) atoms. The van der Waals surface area contributed by atoms with Gasteiger partial charge in [0.15, 0.2) is 0 Å². The number of rotatable bonds is 4. The van der Waals surface area contributed by atoms with E-state index in [1.54, 1.807) is 0 Å². The van der Waals surface area contributed by atoms with Crippen molar-refractivity contribution in [2.45, 2.75) is 6.42 Å². The summed E-state index contributed by atoms with van der Waals surface area (Å²) in [4.78, 5) is 12.7. The summed E-state index contributed by atoms with van der Waals surface area (Å²) in [6.07, 6.45) is 0.639. The Morgan fingerprint density at radius 1 is 1.40 bits per heavy atom. The fourth-order valence-corrected chi connectivity index (χ4v) is 1.26. The van der Waals surface area contributed by atoms with Crippen LogP contribution in [0.5, 0.6) is 5.75 Å². The van der Waals surface area contributed by atoms with E-state index in [2.05, 4.69) is 0 Å². The van der Waals surface area contributed by atoms with Crippen molar-refractivity contribution >= 4 is 5.97 Å². The van der Waals surface area contributed by atoms with E-state index in [1.165, 1.54) is 18.2 Å². The first-order valence-electron chi connectivity index (χ1n) is 4.70. The fourth-order valence-electron chi connectivity index (χ4n) is 1.26. The Bertz CT molecular complexity index is 361. The molecule has 0 radical (unpaired) electrons. The molecule has 0 aliphatic carbocycles. The predicted molar refractivity (Wildman–Crippen MR) is 57.3 cm³/mol. The quantitative estimate of drug-likeness (QED) is 0.782. The lowest BCUT2D eigenvalue weighted by atomic mass is 10.1. The van der Waals surface area contributed by atoms with Crippen LogP contribution < -0.4 is 0 Å². The van der Waals surface area contributed by atoms with Crippen LogP contribution in [-0.2, 0) is 6.42 Å². The Morgan fingerprint density at radius 3 is 2.60 bits per heavy atom. The molecule has 0 unspecified atom stereocenters. The highest BCUT2D eigenvalue weighted by Crippen LogP contribution is 2.19. The summed E-state index contributed by atoms with van der Waals surface area (Å²) in [5.41, 5.74) is 0.880. The Kier molecular flexibility index (Phi) is 3.68. The topological polar surface area (TPSA) is 60.8 Å². The lowest BCUT2D eigenvalue weighted by Crippen LogP contribution is -2.15. The zero-order chi connectivity index (χ0) is 11.4. The van der Waals surface area contributed by atoms with Gasteiger partial charge in [-0.05, 0) is 44.3 Å². The standard InChI is InChI=1S/C11H15NO3/c1-12(2)6-5-8-7-9(11(14)15)3-4-10(8)13/h3-4,7,13H,5-6H2,1-2H3,(H,14,15). The summed E-state index contributed by atoms with van der Waals surface area (Å²) in [7, 11) is 3.86. The normalized spacial score (nSPS) is 10.6. The molecular weight excluding hydrogens is 194 g/mol. The highest BCUT2D eigenvalue weighted by molar-refractivity contribution is 5.88. The van der Waals surface area contributed by atoms with Crippen molar-refractivity contribution in [1.29, 1.82) is 0 Å². The zero-order valence-corrected chi connectivity index (χ0v) is 8.90. The van der Waals surface area contributed by atoms with Crippen molar-refractivity contribution in [3.63, 3.8) is 0 Å². The molecule has 1 aromatic rings. The Labute approximate surface area is 88.8 Å². The number of carbonyl (C=O) groups is 1. The molecule has 0 fully saturated rings. The molecule has 4 heteroatoms. The van der Waals surface area contributed by atoms with E-state index in [-0.39, 0.29) is 11.3 Å². The van der Waals surface area contributed by atoms with Gasteiger partial charge in [0.1, 0.15) is 5.75 Å². The first-order valence-corrected chi connectivity index (χ1v) is 4.70. The third-order valence-electron chi connectivity index (χ3n) is 2.15. The van der Waals surface area contributed by atoms with Gasteiger partial charge in [-0.25, -0.2) is 4.79 Å². The van der Waals surface area contributed by atoms with E-state index >= 15 is 0 Å². The minimum absolute atomic E-state index is 0.154. The maximum absolute atomic E-state index is 10.7. The van der Waals surface area contributed by atoms with Crippen LogP contribution in [0, 0.1) is 0 Å². The lowest BCUT2D eigenvalue weighted by molar-refractivity contribution is 0.0696. The molecule has 0 amide bonds. The van der Waals surface area contributed by atoms with E-state index in [9.17, 15) is 9.90 Å². The van der Waals surface area contributed by atoms with Gasteiger partial charge in [0.05, 0.1) is 5.56 Å². The SMILES string of the molecule is CN(C)CCc1cc(C(=O)O)ccc1O. The molecule has 82 valence electrons.